The monoisotopic (exact) mass is 367 g/mol. The summed E-state index contributed by atoms with van der Waals surface area (Å²) in [5.41, 5.74) is 3.11. The van der Waals surface area contributed by atoms with Crippen molar-refractivity contribution in [3.63, 3.8) is 0 Å². The largest absolute Gasteiger partial charge is 0.489 e. The molecule has 0 radical (unpaired) electrons. The minimum atomic E-state index is -0.171. The molecule has 0 aliphatic heterocycles. The van der Waals surface area contributed by atoms with Crippen molar-refractivity contribution in [3.8, 4) is 5.75 Å². The third-order valence-corrected chi connectivity index (χ3v) is 3.55. The van der Waals surface area contributed by atoms with Crippen LogP contribution >= 0.6 is 0 Å². The van der Waals surface area contributed by atoms with E-state index in [1.807, 2.05) is 31.2 Å². The van der Waals surface area contributed by atoms with Crippen LogP contribution in [0.25, 0.3) is 0 Å². The highest BCUT2D eigenvalue weighted by Gasteiger charge is 2.04. The van der Waals surface area contributed by atoms with Crippen LogP contribution in [0.3, 0.4) is 0 Å². The smallest absolute Gasteiger partial charge is 0.243 e. The van der Waals surface area contributed by atoms with E-state index in [1.165, 1.54) is 0 Å². The van der Waals surface area contributed by atoms with E-state index in [9.17, 15) is 9.59 Å². The van der Waals surface area contributed by atoms with Gasteiger partial charge in [0.15, 0.2) is 0 Å². The normalized spacial score (nSPS) is 10.0. The number of nitrogens with one attached hydrogen (secondary N) is 3. The van der Waals surface area contributed by atoms with Crippen molar-refractivity contribution in [2.24, 2.45) is 0 Å². The van der Waals surface area contributed by atoms with Crippen LogP contribution in [0.15, 0.2) is 60.7 Å². The van der Waals surface area contributed by atoms with Crippen molar-refractivity contribution in [1.82, 2.24) is 0 Å². The van der Waals surface area contributed by atoms with Crippen LogP contribution in [-0.4, -0.2) is 25.0 Å². The van der Waals surface area contributed by atoms with Crippen molar-refractivity contribution < 1.29 is 14.3 Å². The van der Waals surface area contributed by atoms with Crippen LogP contribution in [0.5, 0.6) is 5.75 Å². The Morgan fingerprint density at radius 3 is 2.30 bits per heavy atom. The van der Waals surface area contributed by atoms with E-state index in [0.29, 0.717) is 24.5 Å². The molecule has 142 valence electrons. The molecule has 0 saturated heterocycles. The van der Waals surface area contributed by atoms with Gasteiger partial charge in [-0.1, -0.05) is 19.6 Å². The van der Waals surface area contributed by atoms with Crippen LogP contribution in [0.4, 0.5) is 17.1 Å². The Labute approximate surface area is 159 Å². The molecular formula is C21H25N3O3. The first-order valence-electron chi connectivity index (χ1n) is 8.77. The summed E-state index contributed by atoms with van der Waals surface area (Å²) in [7, 11) is 0. The number of amides is 2. The first-order chi connectivity index (χ1) is 13.0. The average Bonchev–Trinajstić information content (AvgIpc) is 2.66. The molecule has 0 unspecified atom stereocenters. The van der Waals surface area contributed by atoms with Gasteiger partial charge in [0, 0.05) is 29.5 Å². The summed E-state index contributed by atoms with van der Waals surface area (Å²) in [6.45, 7) is 8.04. The van der Waals surface area contributed by atoms with Gasteiger partial charge in [-0.15, -0.1) is 0 Å². The SMILES string of the molecule is C=C(C)COc1cccc(NC(=O)CNc2ccc(NC(=O)CC)cc2)c1. The summed E-state index contributed by atoms with van der Waals surface area (Å²) in [5.74, 6) is 0.466. The van der Waals surface area contributed by atoms with Crippen LogP contribution in [0.1, 0.15) is 20.3 Å². The maximum atomic E-state index is 12.1. The molecule has 6 nitrogen and oxygen atoms in total. The Morgan fingerprint density at radius 2 is 1.63 bits per heavy atom. The van der Waals surface area contributed by atoms with Crippen molar-refractivity contribution >= 4 is 28.9 Å². The number of hydrogen-bond donors (Lipinski definition) is 3. The molecule has 0 saturated carbocycles. The molecule has 3 N–H and O–H groups in total. The van der Waals surface area contributed by atoms with Gasteiger partial charge in [0.05, 0.1) is 6.54 Å². The van der Waals surface area contributed by atoms with E-state index in [1.54, 1.807) is 31.2 Å². The van der Waals surface area contributed by atoms with E-state index in [2.05, 4.69) is 22.5 Å². The lowest BCUT2D eigenvalue weighted by Gasteiger charge is -2.11. The summed E-state index contributed by atoms with van der Waals surface area (Å²) < 4.78 is 5.57. The lowest BCUT2D eigenvalue weighted by Crippen LogP contribution is -2.21. The van der Waals surface area contributed by atoms with Crippen LogP contribution in [0.2, 0.25) is 0 Å². The molecule has 2 aromatic rings. The van der Waals surface area contributed by atoms with Crippen LogP contribution in [0, 0.1) is 0 Å². The van der Waals surface area contributed by atoms with Crippen molar-refractivity contribution in [2.45, 2.75) is 20.3 Å². The Balaban J connectivity index is 1.83. The van der Waals surface area contributed by atoms with E-state index < -0.39 is 0 Å². The number of hydrogen-bond acceptors (Lipinski definition) is 4. The number of rotatable bonds is 9. The molecule has 0 heterocycles. The summed E-state index contributed by atoms with van der Waals surface area (Å²) >= 11 is 0. The van der Waals surface area contributed by atoms with Gasteiger partial charge in [-0.2, -0.15) is 0 Å². The third-order valence-electron chi connectivity index (χ3n) is 3.55. The van der Waals surface area contributed by atoms with Crippen molar-refractivity contribution in [3.05, 3.63) is 60.7 Å². The van der Waals surface area contributed by atoms with Gasteiger partial charge >= 0.3 is 0 Å². The fraction of sp³-hybridized carbons (Fsp3) is 0.238. The Morgan fingerprint density at radius 1 is 0.963 bits per heavy atom. The van der Waals surface area contributed by atoms with Crippen molar-refractivity contribution in [1.29, 1.82) is 0 Å². The molecule has 0 aliphatic rings. The summed E-state index contributed by atoms with van der Waals surface area (Å²) in [4.78, 5) is 23.5. The van der Waals surface area contributed by atoms with E-state index >= 15 is 0 Å². The second-order valence-electron chi connectivity index (χ2n) is 6.15. The lowest BCUT2D eigenvalue weighted by molar-refractivity contribution is -0.116. The predicted octanol–water partition coefficient (Wildman–Crippen LogP) is 4.04. The van der Waals surface area contributed by atoms with E-state index in [-0.39, 0.29) is 18.4 Å². The van der Waals surface area contributed by atoms with E-state index in [4.69, 9.17) is 4.74 Å². The molecule has 0 aromatic heterocycles. The first-order valence-corrected chi connectivity index (χ1v) is 8.77. The molecule has 2 rings (SSSR count). The molecule has 27 heavy (non-hydrogen) atoms. The molecule has 0 spiro atoms. The zero-order valence-corrected chi connectivity index (χ0v) is 15.7. The first kappa shape index (κ1) is 20.0. The fourth-order valence-corrected chi connectivity index (χ4v) is 2.18. The summed E-state index contributed by atoms with van der Waals surface area (Å²) in [5, 5.41) is 8.65. The topological polar surface area (TPSA) is 79.5 Å². The van der Waals surface area contributed by atoms with Crippen molar-refractivity contribution in [2.75, 3.05) is 29.1 Å². The third kappa shape index (κ3) is 7.23. The van der Waals surface area contributed by atoms with Gasteiger partial charge in [0.2, 0.25) is 11.8 Å². The zero-order valence-electron chi connectivity index (χ0n) is 15.7. The number of anilines is 3. The Kier molecular flexibility index (Phi) is 7.43. The standard InChI is InChI=1S/C21H25N3O3/c1-4-20(25)23-17-10-8-16(9-11-17)22-13-21(26)24-18-6-5-7-19(12-18)27-14-15(2)3/h5-12,22H,2,4,13-14H2,1,3H3,(H,23,25)(H,24,26). The minimum Gasteiger partial charge on any atom is -0.489 e. The maximum Gasteiger partial charge on any atom is 0.243 e. The molecule has 2 amide bonds. The quantitative estimate of drug-likeness (QED) is 0.585. The summed E-state index contributed by atoms with van der Waals surface area (Å²) in [6, 6.07) is 14.4. The van der Waals surface area contributed by atoms with E-state index in [0.717, 1.165) is 16.9 Å². The second-order valence-corrected chi connectivity index (χ2v) is 6.15. The van der Waals surface area contributed by atoms with Gasteiger partial charge in [-0.3, -0.25) is 9.59 Å². The van der Waals surface area contributed by atoms with Gasteiger partial charge in [-0.05, 0) is 48.9 Å². The molecule has 0 fully saturated rings. The molecule has 6 heteroatoms. The highest BCUT2D eigenvalue weighted by atomic mass is 16.5. The zero-order chi connectivity index (χ0) is 19.6. The molecule has 0 aliphatic carbocycles. The van der Waals surface area contributed by atoms with Gasteiger partial charge in [0.25, 0.3) is 0 Å². The minimum absolute atomic E-state index is 0.0375. The van der Waals surface area contributed by atoms with Gasteiger partial charge in [0.1, 0.15) is 12.4 Å². The number of carbonyl (C=O) groups excluding carboxylic acids is 2. The molecule has 0 atom stereocenters. The highest BCUT2D eigenvalue weighted by Crippen LogP contribution is 2.18. The Hall–Kier alpha value is -3.28. The van der Waals surface area contributed by atoms with Gasteiger partial charge < -0.3 is 20.7 Å². The molecule has 0 bridgehead atoms. The fourth-order valence-electron chi connectivity index (χ4n) is 2.18. The number of benzene rings is 2. The maximum absolute atomic E-state index is 12.1. The Bertz CT molecular complexity index is 801. The number of ether oxygens (including phenoxy) is 1. The predicted molar refractivity (Wildman–Crippen MR) is 109 cm³/mol. The number of carbonyl (C=O) groups is 2. The van der Waals surface area contributed by atoms with Gasteiger partial charge in [-0.25, -0.2) is 0 Å². The van der Waals surface area contributed by atoms with Crippen LogP contribution < -0.4 is 20.7 Å². The lowest BCUT2D eigenvalue weighted by atomic mass is 10.2. The molecule has 2 aromatic carbocycles. The second kappa shape index (κ2) is 10.0. The average molecular weight is 367 g/mol. The molecular weight excluding hydrogens is 342 g/mol. The van der Waals surface area contributed by atoms with Crippen LogP contribution in [-0.2, 0) is 9.59 Å². The summed E-state index contributed by atoms with van der Waals surface area (Å²) in [6.07, 6.45) is 0.430. The highest BCUT2D eigenvalue weighted by molar-refractivity contribution is 5.94.